The van der Waals surface area contributed by atoms with Crippen molar-refractivity contribution in [2.75, 3.05) is 11.9 Å². The van der Waals surface area contributed by atoms with Crippen LogP contribution in [0, 0.1) is 13.8 Å². The number of piperidine rings is 1. The Hall–Kier alpha value is -1.61. The fourth-order valence-corrected chi connectivity index (χ4v) is 3.18. The van der Waals surface area contributed by atoms with Gasteiger partial charge in [-0.05, 0) is 58.6 Å². The normalized spacial score (nSPS) is 20.0. The van der Waals surface area contributed by atoms with Gasteiger partial charge < -0.3 is 5.32 Å². The van der Waals surface area contributed by atoms with Crippen molar-refractivity contribution in [3.8, 4) is 0 Å². The minimum Gasteiger partial charge on any atom is -0.324 e. The van der Waals surface area contributed by atoms with Crippen LogP contribution in [-0.4, -0.2) is 28.9 Å². The van der Waals surface area contributed by atoms with Gasteiger partial charge in [0.1, 0.15) is 0 Å². The summed E-state index contributed by atoms with van der Waals surface area (Å²) >= 11 is 0. The molecule has 1 saturated heterocycles. The van der Waals surface area contributed by atoms with Gasteiger partial charge in [0, 0.05) is 17.8 Å². The summed E-state index contributed by atoms with van der Waals surface area (Å²) in [5.74, 6) is 0.0770. The van der Waals surface area contributed by atoms with Crippen LogP contribution in [0.5, 0.6) is 0 Å². The van der Waals surface area contributed by atoms with E-state index < -0.39 is 0 Å². The van der Waals surface area contributed by atoms with Crippen LogP contribution in [0.4, 0.5) is 5.69 Å². The zero-order chi connectivity index (χ0) is 16.5. The highest BCUT2D eigenvalue weighted by Crippen LogP contribution is 2.29. The Labute approximate surface area is 134 Å². The number of benzene rings is 1. The molecule has 1 fully saturated rings. The smallest absolute Gasteiger partial charge is 0.242 e. The van der Waals surface area contributed by atoms with Crippen molar-refractivity contribution in [2.24, 2.45) is 0 Å². The van der Waals surface area contributed by atoms with Gasteiger partial charge in [0.25, 0.3) is 0 Å². The molecule has 120 valence electrons. The molecule has 1 aliphatic heterocycles. The molecule has 1 aromatic carbocycles. The molecule has 0 spiro atoms. The van der Waals surface area contributed by atoms with Crippen molar-refractivity contribution in [1.82, 2.24) is 4.90 Å². The lowest BCUT2D eigenvalue weighted by Crippen LogP contribution is -2.55. The average Bonchev–Trinajstić information content (AvgIpc) is 2.41. The number of amides is 1. The van der Waals surface area contributed by atoms with Gasteiger partial charge in [-0.25, -0.2) is 0 Å². The fourth-order valence-electron chi connectivity index (χ4n) is 3.18. The summed E-state index contributed by atoms with van der Waals surface area (Å²) in [6, 6.07) is 5.94. The molecule has 0 radical (unpaired) electrons. The van der Waals surface area contributed by atoms with Gasteiger partial charge in [0.15, 0.2) is 0 Å². The first-order valence-electron chi connectivity index (χ1n) is 8.00. The monoisotopic (exact) mass is 300 g/mol. The number of hydrogen-bond acceptors (Lipinski definition) is 2. The number of para-hydroxylation sites is 1. The van der Waals surface area contributed by atoms with Gasteiger partial charge in [-0.1, -0.05) is 30.4 Å². The van der Waals surface area contributed by atoms with E-state index in [1.54, 1.807) is 0 Å². The predicted octanol–water partition coefficient (Wildman–Crippen LogP) is 4.06. The summed E-state index contributed by atoms with van der Waals surface area (Å²) in [5, 5.41) is 3.15. The summed E-state index contributed by atoms with van der Waals surface area (Å²) in [4.78, 5) is 15.2. The van der Waals surface area contributed by atoms with E-state index in [1.807, 2.05) is 32.0 Å². The van der Waals surface area contributed by atoms with Crippen molar-refractivity contribution in [3.63, 3.8) is 0 Å². The zero-order valence-electron chi connectivity index (χ0n) is 14.5. The molecular formula is C19H28N2O. The third kappa shape index (κ3) is 3.58. The number of nitrogens with one attached hydrogen (secondary N) is 1. The molecule has 1 atom stereocenters. The molecule has 3 nitrogen and oxygen atoms in total. The minimum absolute atomic E-state index is 0.0243. The van der Waals surface area contributed by atoms with Crippen molar-refractivity contribution in [1.29, 1.82) is 0 Å². The lowest BCUT2D eigenvalue weighted by molar-refractivity contribution is -0.124. The zero-order valence-corrected chi connectivity index (χ0v) is 14.5. The maximum absolute atomic E-state index is 12.9. The lowest BCUT2D eigenvalue weighted by atomic mass is 9.91. The number of carbonyl (C=O) groups excluding carboxylic acids is 1. The molecule has 1 aromatic rings. The molecule has 2 rings (SSSR count). The fraction of sp³-hybridized carbons (Fsp3) is 0.526. The number of nitrogens with zero attached hydrogens (tertiary/aromatic N) is 1. The molecule has 1 unspecified atom stereocenters. The van der Waals surface area contributed by atoms with Gasteiger partial charge in [0.2, 0.25) is 5.91 Å². The molecule has 1 amide bonds. The molecule has 22 heavy (non-hydrogen) atoms. The second-order valence-electron chi connectivity index (χ2n) is 7.34. The molecule has 1 heterocycles. The summed E-state index contributed by atoms with van der Waals surface area (Å²) in [6.45, 7) is 15.6. The van der Waals surface area contributed by atoms with E-state index >= 15 is 0 Å². The van der Waals surface area contributed by atoms with E-state index in [4.69, 9.17) is 0 Å². The summed E-state index contributed by atoms with van der Waals surface area (Å²) in [7, 11) is 0. The maximum Gasteiger partial charge on any atom is 0.242 e. The van der Waals surface area contributed by atoms with Crippen molar-refractivity contribution < 1.29 is 4.79 Å². The Morgan fingerprint density at radius 3 is 2.41 bits per heavy atom. The van der Waals surface area contributed by atoms with Gasteiger partial charge in [0.05, 0.1) is 6.04 Å². The van der Waals surface area contributed by atoms with Crippen LogP contribution in [0.15, 0.2) is 30.4 Å². The van der Waals surface area contributed by atoms with Crippen LogP contribution < -0.4 is 5.32 Å². The van der Waals surface area contributed by atoms with E-state index in [0.29, 0.717) is 0 Å². The Kier molecular flexibility index (Phi) is 4.76. The van der Waals surface area contributed by atoms with Gasteiger partial charge in [-0.3, -0.25) is 9.69 Å². The van der Waals surface area contributed by atoms with Crippen LogP contribution in [0.2, 0.25) is 0 Å². The van der Waals surface area contributed by atoms with Crippen LogP contribution >= 0.6 is 0 Å². The molecule has 1 N–H and O–H groups in total. The standard InChI is InChI=1S/C19H28N2O/c1-13-10-11-21(19(4,5)6)16(12-13)18(22)20-17-14(2)8-7-9-15(17)3/h7-9,16H,1,10-12H2,2-6H3,(H,20,22). The molecule has 0 bridgehead atoms. The lowest BCUT2D eigenvalue weighted by Gasteiger charge is -2.44. The molecule has 3 heteroatoms. The molecule has 0 saturated carbocycles. The second-order valence-corrected chi connectivity index (χ2v) is 7.34. The summed E-state index contributed by atoms with van der Waals surface area (Å²) in [5.41, 5.74) is 4.29. The highest BCUT2D eigenvalue weighted by atomic mass is 16.2. The largest absolute Gasteiger partial charge is 0.324 e. The number of hydrogen-bond donors (Lipinski definition) is 1. The van der Waals surface area contributed by atoms with Gasteiger partial charge >= 0.3 is 0 Å². The van der Waals surface area contributed by atoms with E-state index in [0.717, 1.165) is 36.2 Å². The van der Waals surface area contributed by atoms with E-state index in [9.17, 15) is 4.79 Å². The average molecular weight is 300 g/mol. The van der Waals surface area contributed by atoms with Crippen molar-refractivity contribution in [3.05, 3.63) is 41.5 Å². The first kappa shape index (κ1) is 16.8. The van der Waals surface area contributed by atoms with E-state index in [2.05, 4.69) is 37.6 Å². The van der Waals surface area contributed by atoms with Gasteiger partial charge in [-0.2, -0.15) is 0 Å². The third-order valence-corrected chi connectivity index (χ3v) is 4.46. The summed E-state index contributed by atoms with van der Waals surface area (Å²) in [6.07, 6.45) is 1.72. The second kappa shape index (κ2) is 6.25. The Bertz CT molecular complexity index is 563. The quantitative estimate of drug-likeness (QED) is 0.835. The Morgan fingerprint density at radius 2 is 1.86 bits per heavy atom. The maximum atomic E-state index is 12.9. The summed E-state index contributed by atoms with van der Waals surface area (Å²) < 4.78 is 0. The van der Waals surface area contributed by atoms with Crippen molar-refractivity contribution in [2.45, 2.75) is 59.0 Å². The van der Waals surface area contributed by atoms with Crippen LogP contribution in [0.1, 0.15) is 44.7 Å². The third-order valence-electron chi connectivity index (χ3n) is 4.46. The Morgan fingerprint density at radius 1 is 1.27 bits per heavy atom. The number of likely N-dealkylation sites (tertiary alicyclic amines) is 1. The van der Waals surface area contributed by atoms with E-state index in [1.165, 1.54) is 5.57 Å². The molecule has 0 aliphatic carbocycles. The molecule has 0 aromatic heterocycles. The van der Waals surface area contributed by atoms with Crippen LogP contribution in [0.3, 0.4) is 0 Å². The first-order valence-corrected chi connectivity index (χ1v) is 8.00. The molecule has 1 aliphatic rings. The first-order chi connectivity index (χ1) is 10.2. The minimum atomic E-state index is -0.139. The topological polar surface area (TPSA) is 32.3 Å². The predicted molar refractivity (Wildman–Crippen MR) is 93.2 cm³/mol. The Balaban J connectivity index is 2.24. The number of rotatable bonds is 2. The van der Waals surface area contributed by atoms with E-state index in [-0.39, 0.29) is 17.5 Å². The van der Waals surface area contributed by atoms with Gasteiger partial charge in [-0.15, -0.1) is 0 Å². The highest BCUT2D eigenvalue weighted by molar-refractivity contribution is 5.96. The van der Waals surface area contributed by atoms with Crippen molar-refractivity contribution >= 4 is 11.6 Å². The molecular weight excluding hydrogens is 272 g/mol. The number of aryl methyl sites for hydroxylation is 2. The van der Waals surface area contributed by atoms with Crippen LogP contribution in [0.25, 0.3) is 0 Å². The number of anilines is 1. The highest BCUT2D eigenvalue weighted by Gasteiger charge is 2.36. The number of carbonyl (C=O) groups is 1. The van der Waals surface area contributed by atoms with Crippen LogP contribution in [-0.2, 0) is 4.79 Å². The SMILES string of the molecule is C=C1CCN(C(C)(C)C)C(C(=O)Nc2c(C)cccc2C)C1.